The van der Waals surface area contributed by atoms with Crippen molar-refractivity contribution in [2.24, 2.45) is 40.4 Å². The highest BCUT2D eigenvalue weighted by atomic mass is 16.6. The summed E-state index contributed by atoms with van der Waals surface area (Å²) >= 11 is 0. The lowest BCUT2D eigenvalue weighted by Crippen LogP contribution is -2.70. The Hall–Kier alpha value is -1.69. The normalized spacial score (nSPS) is 42.2. The number of carbonyl (C=O) groups is 3. The van der Waals surface area contributed by atoms with Gasteiger partial charge < -0.3 is 14.6 Å². The molecule has 4 bridgehead atoms. The summed E-state index contributed by atoms with van der Waals surface area (Å²) in [5.74, 6) is -1.26. The summed E-state index contributed by atoms with van der Waals surface area (Å²) in [6.07, 6.45) is -0.188. The molecule has 174 valence electrons. The number of hydrogen-bond donors (Lipinski definition) is 1. The van der Waals surface area contributed by atoms with Gasteiger partial charge in [-0.15, -0.1) is 0 Å². The van der Waals surface area contributed by atoms with Crippen molar-refractivity contribution >= 4 is 17.7 Å². The van der Waals surface area contributed by atoms with Crippen LogP contribution in [0.25, 0.3) is 0 Å². The summed E-state index contributed by atoms with van der Waals surface area (Å²) in [6.45, 7) is 15.1. The van der Waals surface area contributed by atoms with Gasteiger partial charge >= 0.3 is 11.9 Å². The molecular weight excluding hydrogens is 396 g/mol. The highest BCUT2D eigenvalue weighted by Gasteiger charge is 2.77. The van der Waals surface area contributed by atoms with Gasteiger partial charge in [-0.05, 0) is 38.0 Å². The van der Waals surface area contributed by atoms with E-state index in [-0.39, 0.29) is 35.4 Å². The molecular formula is C25H38O6. The van der Waals surface area contributed by atoms with E-state index in [1.54, 1.807) is 26.8 Å². The second-order valence-corrected chi connectivity index (χ2v) is 10.8. The molecule has 0 spiro atoms. The number of aliphatic hydroxyl groups excluding tert-OH is 1. The molecule has 0 amide bonds. The fraction of sp³-hybridized carbons (Fsp3) is 0.800. The highest BCUT2D eigenvalue weighted by molar-refractivity contribution is 5.88. The Morgan fingerprint density at radius 2 is 1.84 bits per heavy atom. The zero-order valence-electron chi connectivity index (χ0n) is 20.1. The standard InChI is InChI=1S/C25H38O6/c1-9-12(3)22(28)30-19-20(27)25(8)16-14(5)11-15(26)17(25)18(16)24(6,7)21(19)31-23(29)13(4)10-2/h10,12,14,16-21,27H,9,11H2,1-8H3/b13-10-/t12?,14-,16?,17?,18?,19+,20-,21-,25-/m1/s1. The van der Waals surface area contributed by atoms with Gasteiger partial charge in [-0.25, -0.2) is 4.79 Å². The zero-order valence-corrected chi connectivity index (χ0v) is 20.1. The van der Waals surface area contributed by atoms with Crippen LogP contribution in [0.2, 0.25) is 0 Å². The first-order valence-electron chi connectivity index (χ1n) is 11.6. The molecule has 31 heavy (non-hydrogen) atoms. The SMILES string of the molecule is C/C=C(/C)C(=O)O[C@@H]1[C@@H](OC(=O)C(C)CC)[C@@H](O)[C@@]2(C)C3C(=O)C[C@@H](C)C2C3C1(C)C. The van der Waals surface area contributed by atoms with Crippen molar-refractivity contribution in [3.63, 3.8) is 0 Å². The van der Waals surface area contributed by atoms with E-state index in [2.05, 4.69) is 6.92 Å². The second kappa shape index (κ2) is 8.02. The number of fused-ring (bicyclic) bond motifs is 3. The summed E-state index contributed by atoms with van der Waals surface area (Å²) in [4.78, 5) is 38.6. The highest BCUT2D eigenvalue weighted by Crippen LogP contribution is 2.72. The van der Waals surface area contributed by atoms with Crippen molar-refractivity contribution in [1.82, 2.24) is 0 Å². The minimum absolute atomic E-state index is 0.0422. The number of allylic oxidation sites excluding steroid dienone is 1. The first-order valence-corrected chi connectivity index (χ1v) is 11.6. The molecule has 0 aromatic carbocycles. The summed E-state index contributed by atoms with van der Waals surface area (Å²) in [5, 5.41) is 11.6. The van der Waals surface area contributed by atoms with E-state index in [9.17, 15) is 19.5 Å². The lowest BCUT2D eigenvalue weighted by Gasteiger charge is -2.68. The van der Waals surface area contributed by atoms with Crippen LogP contribution in [0.4, 0.5) is 0 Å². The van der Waals surface area contributed by atoms with Crippen LogP contribution in [0.5, 0.6) is 0 Å². The Bertz CT molecular complexity index is 798. The predicted molar refractivity (Wildman–Crippen MR) is 116 cm³/mol. The molecule has 4 aliphatic rings. The fourth-order valence-electron chi connectivity index (χ4n) is 6.65. The molecule has 1 N–H and O–H groups in total. The first-order chi connectivity index (χ1) is 14.3. The van der Waals surface area contributed by atoms with Crippen LogP contribution < -0.4 is 0 Å². The number of Topliss-reactive ketones (excluding diaryl/α,β-unsaturated/α-hetero) is 1. The molecule has 4 fully saturated rings. The van der Waals surface area contributed by atoms with Crippen molar-refractivity contribution in [3.05, 3.63) is 11.6 Å². The molecule has 0 aliphatic heterocycles. The molecule has 4 rings (SSSR count). The van der Waals surface area contributed by atoms with E-state index in [1.807, 2.05) is 27.7 Å². The molecule has 0 heterocycles. The average molecular weight is 435 g/mol. The van der Waals surface area contributed by atoms with Crippen LogP contribution >= 0.6 is 0 Å². The van der Waals surface area contributed by atoms with Crippen LogP contribution in [0, 0.1) is 40.4 Å². The van der Waals surface area contributed by atoms with E-state index in [0.29, 0.717) is 18.4 Å². The number of ketones is 1. The lowest BCUT2D eigenvalue weighted by atomic mass is 9.35. The van der Waals surface area contributed by atoms with Crippen molar-refractivity contribution in [2.45, 2.75) is 86.5 Å². The van der Waals surface area contributed by atoms with Crippen LogP contribution in [-0.2, 0) is 23.9 Å². The van der Waals surface area contributed by atoms with Crippen LogP contribution in [-0.4, -0.2) is 41.1 Å². The Kier molecular flexibility index (Phi) is 6.20. The summed E-state index contributed by atoms with van der Waals surface area (Å²) < 4.78 is 11.9. The van der Waals surface area contributed by atoms with Crippen LogP contribution in [0.15, 0.2) is 11.6 Å². The van der Waals surface area contributed by atoms with Gasteiger partial charge in [0.2, 0.25) is 0 Å². The van der Waals surface area contributed by atoms with Gasteiger partial charge in [-0.3, -0.25) is 9.59 Å². The van der Waals surface area contributed by atoms with Gasteiger partial charge in [0.25, 0.3) is 0 Å². The van der Waals surface area contributed by atoms with E-state index in [4.69, 9.17) is 9.47 Å². The van der Waals surface area contributed by atoms with Crippen molar-refractivity contribution < 1.29 is 29.0 Å². The summed E-state index contributed by atoms with van der Waals surface area (Å²) in [6, 6.07) is 0. The Morgan fingerprint density at radius 3 is 2.35 bits per heavy atom. The van der Waals surface area contributed by atoms with Gasteiger partial charge in [-0.2, -0.15) is 0 Å². The number of rotatable bonds is 5. The molecule has 6 nitrogen and oxygen atoms in total. The number of hydrogen-bond acceptors (Lipinski definition) is 6. The minimum atomic E-state index is -1.09. The first kappa shape index (κ1) is 24.0. The largest absolute Gasteiger partial charge is 0.455 e. The molecule has 0 aromatic rings. The van der Waals surface area contributed by atoms with Crippen LogP contribution in [0.1, 0.15) is 68.2 Å². The van der Waals surface area contributed by atoms with Gasteiger partial charge in [0.15, 0.2) is 6.10 Å². The summed E-state index contributed by atoms with van der Waals surface area (Å²) in [5.41, 5.74) is -0.904. The third-order valence-electron chi connectivity index (χ3n) is 8.71. The van der Waals surface area contributed by atoms with E-state index < -0.39 is 41.1 Å². The Balaban J connectivity index is 2.10. The maximum atomic E-state index is 13.1. The van der Waals surface area contributed by atoms with Crippen molar-refractivity contribution in [2.75, 3.05) is 0 Å². The van der Waals surface area contributed by atoms with Crippen LogP contribution in [0.3, 0.4) is 0 Å². The number of esters is 2. The second-order valence-electron chi connectivity index (χ2n) is 10.8. The molecule has 0 saturated heterocycles. The zero-order chi connectivity index (χ0) is 23.5. The Labute approximate surface area is 185 Å². The maximum Gasteiger partial charge on any atom is 0.333 e. The number of carbonyl (C=O) groups excluding carboxylic acids is 3. The predicted octanol–water partition coefficient (Wildman–Crippen LogP) is 3.70. The van der Waals surface area contributed by atoms with Crippen molar-refractivity contribution in [1.29, 1.82) is 0 Å². The quantitative estimate of drug-likeness (QED) is 0.524. The van der Waals surface area contributed by atoms with Gasteiger partial charge in [0.05, 0.1) is 5.92 Å². The number of aliphatic hydroxyl groups is 1. The molecule has 4 saturated carbocycles. The smallest absolute Gasteiger partial charge is 0.333 e. The average Bonchev–Trinajstić information content (AvgIpc) is 2.78. The summed E-state index contributed by atoms with van der Waals surface area (Å²) in [7, 11) is 0. The molecule has 4 aliphatic carbocycles. The van der Waals surface area contributed by atoms with E-state index in [1.165, 1.54) is 0 Å². The molecule has 6 heteroatoms. The molecule has 9 atom stereocenters. The monoisotopic (exact) mass is 434 g/mol. The van der Waals surface area contributed by atoms with E-state index >= 15 is 0 Å². The maximum absolute atomic E-state index is 13.1. The van der Waals surface area contributed by atoms with Gasteiger partial charge in [0.1, 0.15) is 18.0 Å². The third-order valence-corrected chi connectivity index (χ3v) is 8.71. The molecule has 0 aromatic heterocycles. The molecule has 0 radical (unpaired) electrons. The van der Waals surface area contributed by atoms with Gasteiger partial charge in [0, 0.05) is 28.7 Å². The Morgan fingerprint density at radius 1 is 1.23 bits per heavy atom. The van der Waals surface area contributed by atoms with Crippen molar-refractivity contribution in [3.8, 4) is 0 Å². The molecule has 4 unspecified atom stereocenters. The number of ether oxygens (including phenoxy) is 2. The lowest BCUT2D eigenvalue weighted by molar-refractivity contribution is -0.236. The third kappa shape index (κ3) is 3.37. The fourth-order valence-corrected chi connectivity index (χ4v) is 6.65. The minimum Gasteiger partial charge on any atom is -0.455 e. The van der Waals surface area contributed by atoms with Gasteiger partial charge in [-0.1, -0.05) is 47.6 Å². The van der Waals surface area contributed by atoms with E-state index in [0.717, 1.165) is 0 Å². The topological polar surface area (TPSA) is 89.9 Å².